The van der Waals surface area contributed by atoms with Crippen molar-refractivity contribution in [2.24, 2.45) is 0 Å². The van der Waals surface area contributed by atoms with Crippen molar-refractivity contribution in [1.82, 2.24) is 0 Å². The first-order valence-electron chi connectivity index (χ1n) is 7.51. The van der Waals surface area contributed by atoms with Crippen molar-refractivity contribution in [3.63, 3.8) is 0 Å². The van der Waals surface area contributed by atoms with E-state index in [2.05, 4.69) is 37.8 Å². The molecular weight excluding hydrogens is 278 g/mol. The van der Waals surface area contributed by atoms with E-state index < -0.39 is 16.6 Å². The minimum absolute atomic E-state index is 0.127. The predicted octanol–water partition coefficient (Wildman–Crippen LogP) is 2.54. The van der Waals surface area contributed by atoms with Crippen LogP contribution in [0.1, 0.15) is 38.3 Å². The van der Waals surface area contributed by atoms with Crippen molar-refractivity contribution >= 4 is 11.8 Å². The molecule has 3 rings (SSSR count). The summed E-state index contributed by atoms with van der Waals surface area (Å²) in [6, 6.07) is 8.15. The van der Waals surface area contributed by atoms with E-state index in [0.717, 1.165) is 24.4 Å². The summed E-state index contributed by atoms with van der Waals surface area (Å²) in [7, 11) is 0. The molecule has 0 saturated carbocycles. The Balaban J connectivity index is 2.18. The lowest BCUT2D eigenvalue weighted by Crippen LogP contribution is -2.34. The second-order valence-electron chi connectivity index (χ2n) is 6.24. The van der Waals surface area contributed by atoms with Crippen LogP contribution in [0.4, 0.5) is 5.69 Å². The number of hydrogen-bond acceptors (Lipinski definition) is 4. The zero-order chi connectivity index (χ0) is 16.1. The number of para-hydroxylation sites is 1. The van der Waals surface area contributed by atoms with Crippen LogP contribution in [0.2, 0.25) is 0 Å². The van der Waals surface area contributed by atoms with Gasteiger partial charge in [0, 0.05) is 23.3 Å². The van der Waals surface area contributed by atoms with E-state index in [1.165, 1.54) is 5.56 Å². The molecule has 0 bridgehead atoms. The van der Waals surface area contributed by atoms with Crippen LogP contribution in [0.15, 0.2) is 39.6 Å². The number of hydrogen-bond donors (Lipinski definition) is 1. The molecule has 2 aromatic carbocycles. The molecular formula is C18H19NO3. The summed E-state index contributed by atoms with van der Waals surface area (Å²) in [6.45, 7) is 7.11. The van der Waals surface area contributed by atoms with Gasteiger partial charge in [0.05, 0.1) is 5.56 Å². The maximum atomic E-state index is 11.7. The first kappa shape index (κ1) is 14.6. The van der Waals surface area contributed by atoms with Gasteiger partial charge in [0.25, 0.3) is 5.43 Å². The monoisotopic (exact) mass is 297 g/mol. The number of anilines is 1. The van der Waals surface area contributed by atoms with E-state index >= 15 is 0 Å². The lowest BCUT2D eigenvalue weighted by molar-refractivity contribution is 0.461. The van der Waals surface area contributed by atoms with Gasteiger partial charge in [0.15, 0.2) is 5.75 Å². The highest BCUT2D eigenvalue weighted by Gasteiger charge is 2.40. The van der Waals surface area contributed by atoms with Crippen LogP contribution in [-0.4, -0.2) is 11.7 Å². The molecule has 1 heterocycles. The molecule has 0 aliphatic carbocycles. The molecule has 0 aromatic heterocycles. The summed E-state index contributed by atoms with van der Waals surface area (Å²) in [6.07, 6.45) is 2.63. The summed E-state index contributed by atoms with van der Waals surface area (Å²) >= 11 is 0. The van der Waals surface area contributed by atoms with Crippen LogP contribution in [0.25, 0.3) is 6.08 Å². The molecule has 0 amide bonds. The normalized spacial score (nSPS) is 18.1. The highest BCUT2D eigenvalue weighted by atomic mass is 16.3. The highest BCUT2D eigenvalue weighted by Crippen LogP contribution is 2.48. The van der Waals surface area contributed by atoms with Crippen LogP contribution in [0.3, 0.4) is 0 Å². The van der Waals surface area contributed by atoms with Crippen molar-refractivity contribution in [2.75, 3.05) is 11.4 Å². The molecule has 0 atom stereocenters. The molecule has 1 N–H and O–H groups in total. The minimum atomic E-state index is -0.790. The average Bonchev–Trinajstić information content (AvgIpc) is 2.73. The fourth-order valence-electron chi connectivity index (χ4n) is 3.23. The Morgan fingerprint density at radius 2 is 1.86 bits per heavy atom. The topological polar surface area (TPSA) is 57.6 Å². The molecule has 0 fully saturated rings. The van der Waals surface area contributed by atoms with Crippen molar-refractivity contribution in [3.8, 4) is 5.75 Å². The molecule has 4 nitrogen and oxygen atoms in total. The highest BCUT2D eigenvalue weighted by molar-refractivity contribution is 5.77. The number of benzene rings is 1. The predicted molar refractivity (Wildman–Crippen MR) is 88.1 cm³/mol. The third kappa shape index (κ3) is 1.83. The van der Waals surface area contributed by atoms with Crippen molar-refractivity contribution in [1.29, 1.82) is 0 Å². The van der Waals surface area contributed by atoms with Gasteiger partial charge in [-0.25, -0.2) is 0 Å². The van der Waals surface area contributed by atoms with Gasteiger partial charge in [-0.1, -0.05) is 39.0 Å². The second kappa shape index (κ2) is 4.83. The van der Waals surface area contributed by atoms with E-state index in [0.29, 0.717) is 0 Å². The molecule has 22 heavy (non-hydrogen) atoms. The Kier molecular flexibility index (Phi) is 3.20. The van der Waals surface area contributed by atoms with Gasteiger partial charge in [-0.2, -0.15) is 0 Å². The number of allylic oxidation sites excluding steroid dienone is 1. The first-order valence-corrected chi connectivity index (χ1v) is 7.51. The number of fused-ring (bicyclic) bond motifs is 1. The molecule has 2 aromatic rings. The summed E-state index contributed by atoms with van der Waals surface area (Å²) in [5, 5.41) is 9.66. The Labute approximate surface area is 129 Å². The second-order valence-corrected chi connectivity index (χ2v) is 6.24. The number of nitrogens with zero attached hydrogens (tertiary/aromatic N) is 1. The first-order chi connectivity index (χ1) is 10.4. The molecule has 0 spiro atoms. The summed E-state index contributed by atoms with van der Waals surface area (Å²) in [5.41, 5.74) is 1.71. The van der Waals surface area contributed by atoms with E-state index in [1.807, 2.05) is 12.1 Å². The maximum absolute atomic E-state index is 11.7. The number of rotatable bonds is 3. The van der Waals surface area contributed by atoms with Gasteiger partial charge in [-0.05, 0) is 24.1 Å². The zero-order valence-electron chi connectivity index (χ0n) is 13.0. The fraction of sp³-hybridized carbons (Fsp3) is 0.333. The standard InChI is InChI=1S/C18H19NO3/c1-4-9-19-13-8-6-5-7-12(13)18(2,3)14(19)10-11-15(20)17(22)16(11)21/h5-8,10,20H,4,9H2,1-3H3. The molecule has 4 heteroatoms. The van der Waals surface area contributed by atoms with Crippen LogP contribution in [-0.2, 0) is 5.41 Å². The minimum Gasteiger partial charge on any atom is -0.504 e. The van der Waals surface area contributed by atoms with Crippen LogP contribution in [0.5, 0.6) is 5.75 Å². The lowest BCUT2D eigenvalue weighted by atomic mass is 9.83. The van der Waals surface area contributed by atoms with E-state index in [-0.39, 0.29) is 11.0 Å². The zero-order valence-corrected chi connectivity index (χ0v) is 13.0. The van der Waals surface area contributed by atoms with E-state index in [4.69, 9.17) is 0 Å². The van der Waals surface area contributed by atoms with Gasteiger partial charge >= 0.3 is 0 Å². The Hall–Kier alpha value is -2.36. The smallest absolute Gasteiger partial charge is 0.268 e. The van der Waals surface area contributed by atoms with Gasteiger partial charge in [-0.3, -0.25) is 9.59 Å². The van der Waals surface area contributed by atoms with Gasteiger partial charge in [0.2, 0.25) is 5.43 Å². The van der Waals surface area contributed by atoms with E-state index in [9.17, 15) is 14.7 Å². The summed E-state index contributed by atoms with van der Waals surface area (Å²) in [4.78, 5) is 25.1. The number of aromatic hydroxyl groups is 1. The van der Waals surface area contributed by atoms with Crippen molar-refractivity contribution in [2.45, 2.75) is 32.6 Å². The average molecular weight is 297 g/mol. The molecule has 0 saturated heterocycles. The quantitative estimate of drug-likeness (QED) is 0.885. The van der Waals surface area contributed by atoms with Crippen LogP contribution in [0, 0.1) is 0 Å². The van der Waals surface area contributed by atoms with Crippen LogP contribution < -0.4 is 15.8 Å². The molecule has 114 valence electrons. The van der Waals surface area contributed by atoms with E-state index in [1.54, 1.807) is 6.08 Å². The van der Waals surface area contributed by atoms with Crippen molar-refractivity contribution < 1.29 is 5.11 Å². The third-order valence-corrected chi connectivity index (χ3v) is 4.45. The molecule has 1 aliphatic rings. The molecule has 0 unspecified atom stereocenters. The molecule has 0 radical (unpaired) electrons. The lowest BCUT2D eigenvalue weighted by Gasteiger charge is -2.27. The van der Waals surface area contributed by atoms with Crippen molar-refractivity contribution in [3.05, 3.63) is 61.5 Å². The maximum Gasteiger partial charge on any atom is 0.268 e. The Morgan fingerprint density at radius 1 is 1.18 bits per heavy atom. The Morgan fingerprint density at radius 3 is 2.50 bits per heavy atom. The van der Waals surface area contributed by atoms with Gasteiger partial charge < -0.3 is 10.0 Å². The third-order valence-electron chi connectivity index (χ3n) is 4.45. The van der Waals surface area contributed by atoms with Crippen LogP contribution >= 0.6 is 0 Å². The summed E-state index contributed by atoms with van der Waals surface area (Å²) in [5.74, 6) is -0.416. The Bertz CT molecular complexity index is 838. The summed E-state index contributed by atoms with van der Waals surface area (Å²) < 4.78 is 0. The van der Waals surface area contributed by atoms with Gasteiger partial charge in [-0.15, -0.1) is 0 Å². The largest absolute Gasteiger partial charge is 0.504 e. The molecule has 1 aliphatic heterocycles. The SMILES string of the molecule is CCCN1C(=Cc2c(O)c(=O)c2=O)C(C)(C)c2ccccc21. The van der Waals surface area contributed by atoms with Gasteiger partial charge in [0.1, 0.15) is 0 Å². The fourth-order valence-corrected chi connectivity index (χ4v) is 3.23.